The lowest BCUT2D eigenvalue weighted by Crippen LogP contribution is -2.42. The molecule has 0 aliphatic carbocycles. The molecule has 96 valence electrons. The molecule has 2 N–H and O–H groups in total. The molecule has 16 heavy (non-hydrogen) atoms. The molecule has 1 aliphatic heterocycles. The summed E-state index contributed by atoms with van der Waals surface area (Å²) in [5.74, 6) is 0.718. The zero-order valence-electron chi connectivity index (χ0n) is 11.0. The summed E-state index contributed by atoms with van der Waals surface area (Å²) < 4.78 is 5.84. The second-order valence-corrected chi connectivity index (χ2v) is 5.08. The normalized spacial score (nSPS) is 24.6. The van der Waals surface area contributed by atoms with E-state index in [0.29, 0.717) is 6.10 Å². The second kappa shape index (κ2) is 8.04. The predicted molar refractivity (Wildman–Crippen MR) is 68.5 cm³/mol. The molecule has 0 amide bonds. The van der Waals surface area contributed by atoms with E-state index in [0.717, 1.165) is 38.5 Å². The Balaban J connectivity index is 2.21. The lowest BCUT2D eigenvalue weighted by atomic mass is 10.0. The Morgan fingerprint density at radius 1 is 1.50 bits per heavy atom. The van der Waals surface area contributed by atoms with E-state index in [9.17, 15) is 0 Å². The summed E-state index contributed by atoms with van der Waals surface area (Å²) in [7, 11) is 0. The van der Waals surface area contributed by atoms with Gasteiger partial charge in [-0.2, -0.15) is 0 Å². The maximum absolute atomic E-state index is 5.84. The maximum atomic E-state index is 5.84. The van der Waals surface area contributed by atoms with E-state index in [1.807, 2.05) is 0 Å². The largest absolute Gasteiger partial charge is 0.377 e. The van der Waals surface area contributed by atoms with E-state index >= 15 is 0 Å². The van der Waals surface area contributed by atoms with Gasteiger partial charge in [-0.05, 0) is 44.7 Å². The molecule has 2 unspecified atom stereocenters. The van der Waals surface area contributed by atoms with Crippen molar-refractivity contribution in [2.24, 2.45) is 11.7 Å². The first-order valence-electron chi connectivity index (χ1n) is 6.80. The van der Waals surface area contributed by atoms with Crippen LogP contribution >= 0.6 is 0 Å². The van der Waals surface area contributed by atoms with Crippen LogP contribution in [0.2, 0.25) is 0 Å². The van der Waals surface area contributed by atoms with Gasteiger partial charge in [0, 0.05) is 19.7 Å². The highest BCUT2D eigenvalue weighted by Gasteiger charge is 2.21. The first kappa shape index (κ1) is 13.9. The third-order valence-electron chi connectivity index (χ3n) is 3.25. The number of rotatable bonds is 7. The smallest absolute Gasteiger partial charge is 0.0702 e. The Kier molecular flexibility index (Phi) is 7.01. The molecule has 0 spiro atoms. The lowest BCUT2D eigenvalue weighted by Gasteiger charge is -2.34. The molecule has 3 heteroatoms. The SMILES string of the molecule is CCCOC1CCCN(CC(C)CCN)C1. The van der Waals surface area contributed by atoms with Gasteiger partial charge in [0.1, 0.15) is 0 Å². The van der Waals surface area contributed by atoms with Crippen molar-refractivity contribution < 1.29 is 4.74 Å². The van der Waals surface area contributed by atoms with Crippen LogP contribution < -0.4 is 5.73 Å². The molecule has 2 atom stereocenters. The molecule has 0 saturated carbocycles. The van der Waals surface area contributed by atoms with Crippen LogP contribution in [-0.2, 0) is 4.74 Å². The topological polar surface area (TPSA) is 38.5 Å². The van der Waals surface area contributed by atoms with Gasteiger partial charge in [-0.15, -0.1) is 0 Å². The monoisotopic (exact) mass is 228 g/mol. The standard InChI is InChI=1S/C13H28N2O/c1-3-9-16-13-5-4-8-15(11-13)10-12(2)6-7-14/h12-13H,3-11,14H2,1-2H3. The van der Waals surface area contributed by atoms with Crippen LogP contribution in [0.3, 0.4) is 0 Å². The minimum absolute atomic E-state index is 0.471. The number of hydrogen-bond acceptors (Lipinski definition) is 3. The number of nitrogens with zero attached hydrogens (tertiary/aromatic N) is 1. The average molecular weight is 228 g/mol. The van der Waals surface area contributed by atoms with Gasteiger partial charge >= 0.3 is 0 Å². The van der Waals surface area contributed by atoms with Crippen LogP contribution in [-0.4, -0.2) is 43.8 Å². The molecule has 3 nitrogen and oxygen atoms in total. The number of likely N-dealkylation sites (tertiary alicyclic amines) is 1. The molecule has 1 aliphatic rings. The van der Waals surface area contributed by atoms with E-state index in [1.165, 1.54) is 25.9 Å². The summed E-state index contributed by atoms with van der Waals surface area (Å²) in [6.07, 6.45) is 5.25. The fourth-order valence-corrected chi connectivity index (χ4v) is 2.42. The van der Waals surface area contributed by atoms with Gasteiger partial charge in [-0.3, -0.25) is 0 Å². The highest BCUT2D eigenvalue weighted by atomic mass is 16.5. The Morgan fingerprint density at radius 3 is 3.00 bits per heavy atom. The Hall–Kier alpha value is -0.120. The van der Waals surface area contributed by atoms with Gasteiger partial charge in [-0.25, -0.2) is 0 Å². The van der Waals surface area contributed by atoms with Gasteiger partial charge in [0.25, 0.3) is 0 Å². The van der Waals surface area contributed by atoms with Gasteiger partial charge < -0.3 is 15.4 Å². The van der Waals surface area contributed by atoms with Crippen molar-refractivity contribution in [3.63, 3.8) is 0 Å². The molecule has 1 rings (SSSR count). The van der Waals surface area contributed by atoms with Crippen molar-refractivity contribution in [2.75, 3.05) is 32.8 Å². The molecule has 0 radical (unpaired) electrons. The van der Waals surface area contributed by atoms with Crippen LogP contribution in [0.15, 0.2) is 0 Å². The van der Waals surface area contributed by atoms with E-state index in [4.69, 9.17) is 10.5 Å². The van der Waals surface area contributed by atoms with Crippen molar-refractivity contribution in [2.45, 2.75) is 45.6 Å². The predicted octanol–water partition coefficient (Wildman–Crippen LogP) is 1.86. The van der Waals surface area contributed by atoms with Crippen LogP contribution in [0.1, 0.15) is 39.5 Å². The fourth-order valence-electron chi connectivity index (χ4n) is 2.42. The van der Waals surface area contributed by atoms with Gasteiger partial charge in [0.15, 0.2) is 0 Å². The van der Waals surface area contributed by atoms with Gasteiger partial charge in [0.05, 0.1) is 6.10 Å². The third kappa shape index (κ3) is 5.28. The summed E-state index contributed by atoms with van der Waals surface area (Å²) >= 11 is 0. The molecule has 1 saturated heterocycles. The molecule has 1 heterocycles. The number of piperidine rings is 1. The van der Waals surface area contributed by atoms with E-state index in [-0.39, 0.29) is 0 Å². The highest BCUT2D eigenvalue weighted by Crippen LogP contribution is 2.15. The molecule has 0 bridgehead atoms. The zero-order valence-corrected chi connectivity index (χ0v) is 11.0. The quantitative estimate of drug-likeness (QED) is 0.723. The van der Waals surface area contributed by atoms with Gasteiger partial charge in [-0.1, -0.05) is 13.8 Å². The average Bonchev–Trinajstić information content (AvgIpc) is 2.27. The van der Waals surface area contributed by atoms with E-state index < -0.39 is 0 Å². The van der Waals surface area contributed by atoms with Crippen molar-refractivity contribution in [3.8, 4) is 0 Å². The summed E-state index contributed by atoms with van der Waals surface area (Å²) in [5, 5.41) is 0. The summed E-state index contributed by atoms with van der Waals surface area (Å²) in [4.78, 5) is 2.55. The third-order valence-corrected chi connectivity index (χ3v) is 3.25. The molecule has 1 fully saturated rings. The Labute approximate surface area is 100 Å². The second-order valence-electron chi connectivity index (χ2n) is 5.08. The fraction of sp³-hybridized carbons (Fsp3) is 1.00. The molecule has 0 aromatic rings. The molecule has 0 aromatic heterocycles. The van der Waals surface area contributed by atoms with Crippen molar-refractivity contribution in [3.05, 3.63) is 0 Å². The highest BCUT2D eigenvalue weighted by molar-refractivity contribution is 4.74. The van der Waals surface area contributed by atoms with Crippen molar-refractivity contribution >= 4 is 0 Å². The van der Waals surface area contributed by atoms with Gasteiger partial charge in [0.2, 0.25) is 0 Å². The minimum Gasteiger partial charge on any atom is -0.377 e. The van der Waals surface area contributed by atoms with Crippen molar-refractivity contribution in [1.29, 1.82) is 0 Å². The zero-order chi connectivity index (χ0) is 11.8. The van der Waals surface area contributed by atoms with Crippen LogP contribution in [0.25, 0.3) is 0 Å². The maximum Gasteiger partial charge on any atom is 0.0702 e. The first-order chi connectivity index (χ1) is 7.76. The summed E-state index contributed by atoms with van der Waals surface area (Å²) in [5.41, 5.74) is 5.58. The Bertz CT molecular complexity index is 175. The molecular weight excluding hydrogens is 200 g/mol. The van der Waals surface area contributed by atoms with Crippen LogP contribution in [0.5, 0.6) is 0 Å². The summed E-state index contributed by atoms with van der Waals surface area (Å²) in [6.45, 7) is 9.73. The van der Waals surface area contributed by atoms with Crippen LogP contribution in [0, 0.1) is 5.92 Å². The number of ether oxygens (including phenoxy) is 1. The van der Waals surface area contributed by atoms with E-state index in [2.05, 4.69) is 18.7 Å². The van der Waals surface area contributed by atoms with Crippen LogP contribution in [0.4, 0.5) is 0 Å². The molecule has 0 aromatic carbocycles. The minimum atomic E-state index is 0.471. The number of hydrogen-bond donors (Lipinski definition) is 1. The number of nitrogens with two attached hydrogens (primary N) is 1. The van der Waals surface area contributed by atoms with Crippen molar-refractivity contribution in [1.82, 2.24) is 4.90 Å². The summed E-state index contributed by atoms with van der Waals surface area (Å²) in [6, 6.07) is 0. The lowest BCUT2D eigenvalue weighted by molar-refractivity contribution is -0.00343. The first-order valence-corrected chi connectivity index (χ1v) is 6.80. The van der Waals surface area contributed by atoms with E-state index in [1.54, 1.807) is 0 Å². The Morgan fingerprint density at radius 2 is 2.31 bits per heavy atom. The molecular formula is C13H28N2O.